The van der Waals surface area contributed by atoms with Gasteiger partial charge in [-0.1, -0.05) is 12.1 Å². The van der Waals surface area contributed by atoms with Crippen LogP contribution in [0, 0.1) is 13.8 Å². The molecule has 0 radical (unpaired) electrons. The summed E-state index contributed by atoms with van der Waals surface area (Å²) in [4.78, 5) is 11.9. The zero-order chi connectivity index (χ0) is 17.5. The molecule has 0 aliphatic carbocycles. The number of hydrogen-bond donors (Lipinski definition) is 1. The van der Waals surface area contributed by atoms with E-state index in [1.54, 1.807) is 14.2 Å². The lowest BCUT2D eigenvalue weighted by Crippen LogP contribution is -2.34. The maximum atomic E-state index is 11.9. The molecule has 130 valence electrons. The molecule has 0 spiro atoms. The van der Waals surface area contributed by atoms with Crippen molar-refractivity contribution < 1.29 is 14.3 Å². The van der Waals surface area contributed by atoms with Gasteiger partial charge in [0.25, 0.3) is 0 Å². The highest BCUT2D eigenvalue weighted by Gasteiger charge is 2.08. The molecule has 6 nitrogen and oxygen atoms in total. The molecular weight excluding hydrogens is 306 g/mol. The minimum absolute atomic E-state index is 0.0169. The van der Waals surface area contributed by atoms with Gasteiger partial charge >= 0.3 is 0 Å². The number of ether oxygens (including phenoxy) is 2. The number of aryl methyl sites for hydroxylation is 3. The molecule has 0 unspecified atom stereocenters. The summed E-state index contributed by atoms with van der Waals surface area (Å²) in [7, 11) is 3.09. The first-order chi connectivity index (χ1) is 11.5. The summed E-state index contributed by atoms with van der Waals surface area (Å²) in [5.41, 5.74) is 4.24. The summed E-state index contributed by atoms with van der Waals surface area (Å²) in [6.07, 6.45) is 0.710. The molecule has 1 amide bonds. The number of amides is 1. The summed E-state index contributed by atoms with van der Waals surface area (Å²) in [6.45, 7) is 4.36. The van der Waals surface area contributed by atoms with Crippen molar-refractivity contribution in [2.24, 2.45) is 0 Å². The van der Waals surface area contributed by atoms with Crippen molar-refractivity contribution in [3.05, 3.63) is 47.3 Å². The number of carbonyl (C=O) groups is 1. The smallest absolute Gasteiger partial charge is 0.220 e. The van der Waals surface area contributed by atoms with E-state index in [1.807, 2.05) is 48.9 Å². The van der Waals surface area contributed by atoms with E-state index in [4.69, 9.17) is 9.47 Å². The van der Waals surface area contributed by atoms with Crippen LogP contribution in [0.2, 0.25) is 0 Å². The van der Waals surface area contributed by atoms with Gasteiger partial charge < -0.3 is 14.8 Å². The maximum Gasteiger partial charge on any atom is 0.220 e. The Morgan fingerprint density at radius 1 is 1.21 bits per heavy atom. The lowest BCUT2D eigenvalue weighted by molar-refractivity contribution is -0.127. The molecule has 0 aliphatic rings. The van der Waals surface area contributed by atoms with Crippen LogP contribution in [0.15, 0.2) is 30.3 Å². The van der Waals surface area contributed by atoms with Gasteiger partial charge in [-0.3, -0.25) is 4.79 Å². The number of aromatic nitrogens is 2. The summed E-state index contributed by atoms with van der Waals surface area (Å²) in [5.74, 6) is -0.0169. The van der Waals surface area contributed by atoms with Crippen LogP contribution in [-0.4, -0.2) is 42.7 Å². The first-order valence-corrected chi connectivity index (χ1v) is 7.98. The highest BCUT2D eigenvalue weighted by molar-refractivity contribution is 5.76. The van der Waals surface area contributed by atoms with Crippen LogP contribution >= 0.6 is 0 Å². The van der Waals surface area contributed by atoms with Crippen molar-refractivity contribution in [3.8, 4) is 5.69 Å². The number of methoxy groups -OCH3 is 2. The van der Waals surface area contributed by atoms with E-state index in [9.17, 15) is 4.79 Å². The first-order valence-electron chi connectivity index (χ1n) is 7.98. The van der Waals surface area contributed by atoms with Crippen LogP contribution in [0.1, 0.15) is 23.4 Å². The molecule has 0 aliphatic heterocycles. The van der Waals surface area contributed by atoms with Crippen LogP contribution in [0.3, 0.4) is 0 Å². The topological polar surface area (TPSA) is 65.4 Å². The molecule has 1 heterocycles. The van der Waals surface area contributed by atoms with Gasteiger partial charge in [0.2, 0.25) is 5.91 Å². The predicted molar refractivity (Wildman–Crippen MR) is 92.2 cm³/mol. The number of benzene rings is 1. The van der Waals surface area contributed by atoms with E-state index in [1.165, 1.54) is 0 Å². The van der Waals surface area contributed by atoms with E-state index in [2.05, 4.69) is 10.4 Å². The second kappa shape index (κ2) is 8.61. The van der Waals surface area contributed by atoms with Crippen molar-refractivity contribution in [3.63, 3.8) is 0 Å². The Bertz CT molecular complexity index is 661. The van der Waals surface area contributed by atoms with E-state index >= 15 is 0 Å². The number of nitrogens with zero attached hydrogens (tertiary/aromatic N) is 2. The van der Waals surface area contributed by atoms with Gasteiger partial charge in [-0.25, -0.2) is 4.68 Å². The molecule has 0 saturated heterocycles. The van der Waals surface area contributed by atoms with E-state index in [0.29, 0.717) is 19.4 Å². The fourth-order valence-electron chi connectivity index (χ4n) is 2.50. The minimum atomic E-state index is -0.408. The fourth-order valence-corrected chi connectivity index (χ4v) is 2.50. The largest absolute Gasteiger partial charge is 0.354 e. The van der Waals surface area contributed by atoms with Gasteiger partial charge in [0.1, 0.15) is 0 Å². The summed E-state index contributed by atoms with van der Waals surface area (Å²) >= 11 is 0. The Balaban J connectivity index is 1.86. The van der Waals surface area contributed by atoms with E-state index in [-0.39, 0.29) is 5.91 Å². The minimum Gasteiger partial charge on any atom is -0.354 e. The monoisotopic (exact) mass is 331 g/mol. The van der Waals surface area contributed by atoms with Gasteiger partial charge in [-0.05, 0) is 44.0 Å². The highest BCUT2D eigenvalue weighted by atomic mass is 16.7. The molecule has 0 bridgehead atoms. The average molecular weight is 331 g/mol. The molecule has 24 heavy (non-hydrogen) atoms. The fraction of sp³-hybridized carbons (Fsp3) is 0.444. The third-order valence-electron chi connectivity index (χ3n) is 3.82. The van der Waals surface area contributed by atoms with Gasteiger partial charge in [-0.15, -0.1) is 0 Å². The average Bonchev–Trinajstić information content (AvgIpc) is 2.92. The lowest BCUT2D eigenvalue weighted by Gasteiger charge is -2.14. The molecule has 1 N–H and O–H groups in total. The predicted octanol–water partition coefficient (Wildman–Crippen LogP) is 2.16. The zero-order valence-corrected chi connectivity index (χ0v) is 14.7. The second-order valence-electron chi connectivity index (χ2n) is 5.71. The first kappa shape index (κ1) is 18.2. The highest BCUT2D eigenvalue weighted by Crippen LogP contribution is 2.14. The SMILES string of the molecule is COC(CNC(=O)CCc1ccc(-n2nc(C)cc2C)cc1)OC. The van der Waals surface area contributed by atoms with Crippen molar-refractivity contribution >= 4 is 5.91 Å². The summed E-state index contributed by atoms with van der Waals surface area (Å²) < 4.78 is 12.0. The van der Waals surface area contributed by atoms with Gasteiger partial charge in [-0.2, -0.15) is 5.10 Å². The lowest BCUT2D eigenvalue weighted by atomic mass is 10.1. The summed E-state index contributed by atoms with van der Waals surface area (Å²) in [5, 5.41) is 7.27. The van der Waals surface area contributed by atoms with E-state index < -0.39 is 6.29 Å². The van der Waals surface area contributed by atoms with Crippen LogP contribution in [0.25, 0.3) is 5.69 Å². The van der Waals surface area contributed by atoms with Crippen LogP contribution < -0.4 is 5.32 Å². The van der Waals surface area contributed by atoms with Crippen LogP contribution in [0.5, 0.6) is 0 Å². The zero-order valence-electron chi connectivity index (χ0n) is 14.7. The Morgan fingerprint density at radius 2 is 1.88 bits per heavy atom. The number of hydrogen-bond acceptors (Lipinski definition) is 4. The number of nitrogens with one attached hydrogen (secondary N) is 1. The third kappa shape index (κ3) is 4.91. The Hall–Kier alpha value is -2.18. The summed E-state index contributed by atoms with van der Waals surface area (Å²) in [6, 6.07) is 10.2. The molecule has 2 aromatic rings. The van der Waals surface area contributed by atoms with Gasteiger partial charge in [0, 0.05) is 26.3 Å². The molecule has 2 rings (SSSR count). The van der Waals surface area contributed by atoms with Crippen molar-refractivity contribution in [2.45, 2.75) is 33.0 Å². The van der Waals surface area contributed by atoms with E-state index in [0.717, 1.165) is 22.6 Å². The van der Waals surface area contributed by atoms with Crippen LogP contribution in [-0.2, 0) is 20.7 Å². The molecule has 0 saturated carbocycles. The van der Waals surface area contributed by atoms with Gasteiger partial charge in [0.05, 0.1) is 17.9 Å². The maximum absolute atomic E-state index is 11.9. The van der Waals surface area contributed by atoms with Crippen LogP contribution in [0.4, 0.5) is 0 Å². The molecule has 0 atom stereocenters. The Kier molecular flexibility index (Phi) is 6.52. The van der Waals surface area contributed by atoms with Crippen molar-refractivity contribution in [2.75, 3.05) is 20.8 Å². The standard InChI is InChI=1S/C18H25N3O3/c1-13-11-14(2)21(20-13)16-8-5-15(6-9-16)7-10-17(22)19-12-18(23-3)24-4/h5-6,8-9,11,18H,7,10,12H2,1-4H3,(H,19,22). The molecule has 1 aromatic carbocycles. The second-order valence-corrected chi connectivity index (χ2v) is 5.71. The third-order valence-corrected chi connectivity index (χ3v) is 3.82. The van der Waals surface area contributed by atoms with Crippen molar-refractivity contribution in [1.82, 2.24) is 15.1 Å². The molecular formula is C18H25N3O3. The Morgan fingerprint density at radius 3 is 2.42 bits per heavy atom. The number of carbonyl (C=O) groups excluding carboxylic acids is 1. The van der Waals surface area contributed by atoms with Crippen molar-refractivity contribution in [1.29, 1.82) is 0 Å². The molecule has 1 aromatic heterocycles. The Labute approximate surface area is 142 Å². The van der Waals surface area contributed by atoms with Gasteiger partial charge in [0.15, 0.2) is 6.29 Å². The molecule has 0 fully saturated rings. The quantitative estimate of drug-likeness (QED) is 0.753. The normalized spacial score (nSPS) is 11.0. The number of rotatable bonds is 8. The molecule has 6 heteroatoms.